The van der Waals surface area contributed by atoms with Crippen LogP contribution in [0.15, 0.2) is 71.7 Å². The number of thiophene rings is 1. The minimum Gasteiger partial charge on any atom is -0.350 e. The lowest BCUT2D eigenvalue weighted by atomic mass is 10.1. The summed E-state index contributed by atoms with van der Waals surface area (Å²) in [6.07, 6.45) is -4.55. The van der Waals surface area contributed by atoms with Gasteiger partial charge in [-0.2, -0.15) is 13.2 Å². The molecule has 0 unspecified atom stereocenters. The number of hydrogen-bond acceptors (Lipinski definition) is 4. The van der Waals surface area contributed by atoms with Crippen molar-refractivity contribution < 1.29 is 27.2 Å². The summed E-state index contributed by atoms with van der Waals surface area (Å²) in [7, 11) is 0. The zero-order valence-corrected chi connectivity index (χ0v) is 16.6. The van der Waals surface area contributed by atoms with E-state index in [2.05, 4.69) is 5.32 Å². The number of anilines is 1. The van der Waals surface area contributed by atoms with Crippen molar-refractivity contribution in [1.29, 1.82) is 0 Å². The molecule has 0 radical (unpaired) electrons. The van der Waals surface area contributed by atoms with E-state index in [0.717, 1.165) is 17.0 Å². The van der Waals surface area contributed by atoms with Crippen LogP contribution >= 0.6 is 11.3 Å². The number of hydrogen-bond donors (Lipinski definition) is 1. The zero-order chi connectivity index (χ0) is 22.2. The van der Waals surface area contributed by atoms with Crippen LogP contribution in [-0.2, 0) is 22.3 Å². The van der Waals surface area contributed by atoms with Crippen LogP contribution in [0.25, 0.3) is 5.57 Å². The lowest BCUT2D eigenvalue weighted by molar-refractivity contribution is -0.138. The Bertz CT molecular complexity index is 1170. The van der Waals surface area contributed by atoms with Crippen molar-refractivity contribution in [3.63, 3.8) is 0 Å². The van der Waals surface area contributed by atoms with Gasteiger partial charge in [0.15, 0.2) is 0 Å². The van der Waals surface area contributed by atoms with Crippen LogP contribution in [0.3, 0.4) is 0 Å². The van der Waals surface area contributed by atoms with Gasteiger partial charge in [-0.05, 0) is 47.3 Å². The topological polar surface area (TPSA) is 49.4 Å². The van der Waals surface area contributed by atoms with Crippen LogP contribution in [0.4, 0.5) is 23.2 Å². The monoisotopic (exact) mass is 446 g/mol. The van der Waals surface area contributed by atoms with E-state index in [1.807, 2.05) is 0 Å². The summed E-state index contributed by atoms with van der Waals surface area (Å²) >= 11 is 1.23. The van der Waals surface area contributed by atoms with Crippen LogP contribution in [0.5, 0.6) is 0 Å². The van der Waals surface area contributed by atoms with E-state index in [1.54, 1.807) is 17.5 Å². The predicted molar refractivity (Wildman–Crippen MR) is 108 cm³/mol. The number of carbonyl (C=O) groups excluding carboxylic acids is 2. The molecule has 2 amide bonds. The second kappa shape index (κ2) is 7.99. The van der Waals surface area contributed by atoms with E-state index >= 15 is 0 Å². The number of carbonyl (C=O) groups is 2. The number of rotatable bonds is 5. The molecule has 2 heterocycles. The maximum absolute atomic E-state index is 13.2. The van der Waals surface area contributed by atoms with Crippen molar-refractivity contribution in [3.05, 3.63) is 93.6 Å². The van der Waals surface area contributed by atoms with Gasteiger partial charge in [-0.15, -0.1) is 11.3 Å². The van der Waals surface area contributed by atoms with Crippen molar-refractivity contribution in [2.75, 3.05) is 5.32 Å². The van der Waals surface area contributed by atoms with E-state index in [0.29, 0.717) is 10.4 Å². The minimum atomic E-state index is -4.55. The zero-order valence-electron chi connectivity index (χ0n) is 15.7. The van der Waals surface area contributed by atoms with E-state index < -0.39 is 29.4 Å². The first kappa shape index (κ1) is 20.8. The van der Waals surface area contributed by atoms with Crippen molar-refractivity contribution in [2.45, 2.75) is 12.7 Å². The Morgan fingerprint density at radius 2 is 1.68 bits per heavy atom. The van der Waals surface area contributed by atoms with Crippen LogP contribution in [-0.4, -0.2) is 16.7 Å². The number of alkyl halides is 3. The number of halogens is 4. The van der Waals surface area contributed by atoms with Crippen LogP contribution in [0, 0.1) is 5.82 Å². The van der Waals surface area contributed by atoms with E-state index in [4.69, 9.17) is 0 Å². The summed E-state index contributed by atoms with van der Waals surface area (Å²) < 4.78 is 52.4. The normalized spacial score (nSPS) is 14.5. The smallest absolute Gasteiger partial charge is 0.350 e. The fraction of sp³-hybridized carbons (Fsp3) is 0.0909. The molecule has 0 saturated heterocycles. The van der Waals surface area contributed by atoms with E-state index in [-0.39, 0.29) is 23.5 Å². The Hall–Kier alpha value is -3.46. The summed E-state index contributed by atoms with van der Waals surface area (Å²) in [5.74, 6) is -1.70. The Morgan fingerprint density at radius 1 is 0.935 bits per heavy atom. The molecule has 0 fully saturated rings. The third-order valence-electron chi connectivity index (χ3n) is 4.65. The quantitative estimate of drug-likeness (QED) is 0.428. The van der Waals surface area contributed by atoms with Gasteiger partial charge in [-0.3, -0.25) is 14.5 Å². The number of nitrogens with one attached hydrogen (secondary N) is 1. The molecule has 1 aliphatic rings. The summed E-state index contributed by atoms with van der Waals surface area (Å²) in [6, 6.07) is 13.1. The van der Waals surface area contributed by atoms with Crippen LogP contribution in [0.2, 0.25) is 0 Å². The number of nitrogens with zero attached hydrogens (tertiary/aromatic N) is 1. The lowest BCUT2D eigenvalue weighted by Gasteiger charge is -2.15. The van der Waals surface area contributed by atoms with Crippen LogP contribution < -0.4 is 5.32 Å². The Kier molecular flexibility index (Phi) is 5.36. The molecule has 0 saturated carbocycles. The average molecular weight is 446 g/mol. The van der Waals surface area contributed by atoms with Gasteiger partial charge in [-0.25, -0.2) is 4.39 Å². The second-order valence-corrected chi connectivity index (χ2v) is 7.70. The summed E-state index contributed by atoms with van der Waals surface area (Å²) in [5.41, 5.74) is -0.332. The van der Waals surface area contributed by atoms with Crippen molar-refractivity contribution >= 4 is 34.4 Å². The molecule has 0 atom stereocenters. The lowest BCUT2D eigenvalue weighted by Crippen LogP contribution is -2.32. The molecule has 158 valence electrons. The molecule has 1 N–H and O–H groups in total. The first-order chi connectivity index (χ1) is 14.7. The second-order valence-electron chi connectivity index (χ2n) is 6.75. The average Bonchev–Trinajstić information content (AvgIpc) is 3.32. The molecule has 0 aliphatic carbocycles. The minimum absolute atomic E-state index is 0.0312. The first-order valence-corrected chi connectivity index (χ1v) is 9.95. The van der Waals surface area contributed by atoms with Gasteiger partial charge in [0.25, 0.3) is 11.8 Å². The maximum Gasteiger partial charge on any atom is 0.416 e. The number of benzene rings is 2. The fourth-order valence-electron chi connectivity index (χ4n) is 3.17. The maximum atomic E-state index is 13.2. The highest BCUT2D eigenvalue weighted by molar-refractivity contribution is 7.11. The van der Waals surface area contributed by atoms with E-state index in [1.165, 1.54) is 47.7 Å². The molecule has 0 bridgehead atoms. The van der Waals surface area contributed by atoms with Crippen molar-refractivity contribution in [1.82, 2.24) is 4.90 Å². The largest absolute Gasteiger partial charge is 0.416 e. The highest BCUT2D eigenvalue weighted by Gasteiger charge is 2.40. The van der Waals surface area contributed by atoms with Gasteiger partial charge in [0.2, 0.25) is 0 Å². The van der Waals surface area contributed by atoms with Gasteiger partial charge >= 0.3 is 6.18 Å². The first-order valence-electron chi connectivity index (χ1n) is 9.07. The molecule has 1 aliphatic heterocycles. The molecule has 4 nitrogen and oxygen atoms in total. The number of imide groups is 1. The van der Waals surface area contributed by atoms with Crippen LogP contribution in [0.1, 0.15) is 16.0 Å². The highest BCUT2D eigenvalue weighted by atomic mass is 32.1. The molecule has 1 aromatic heterocycles. The third kappa shape index (κ3) is 4.22. The summed E-state index contributed by atoms with van der Waals surface area (Å²) in [4.78, 5) is 27.6. The van der Waals surface area contributed by atoms with Gasteiger partial charge in [0.1, 0.15) is 11.5 Å². The Balaban J connectivity index is 1.70. The SMILES string of the molecule is O=C1C(Nc2cccc(C(F)(F)F)c2)=C(c2cccs2)C(=O)N1Cc1ccc(F)cc1. The van der Waals surface area contributed by atoms with Crippen molar-refractivity contribution in [2.24, 2.45) is 0 Å². The number of amides is 2. The Morgan fingerprint density at radius 3 is 2.32 bits per heavy atom. The van der Waals surface area contributed by atoms with Crippen molar-refractivity contribution in [3.8, 4) is 0 Å². The van der Waals surface area contributed by atoms with Gasteiger partial charge in [0.05, 0.1) is 17.7 Å². The molecule has 4 rings (SSSR count). The molecular weight excluding hydrogens is 432 g/mol. The molecule has 2 aromatic carbocycles. The van der Waals surface area contributed by atoms with Gasteiger partial charge in [-0.1, -0.05) is 24.3 Å². The Labute approximate surface area is 178 Å². The molecule has 3 aromatic rings. The fourth-order valence-corrected chi connectivity index (χ4v) is 3.94. The highest BCUT2D eigenvalue weighted by Crippen LogP contribution is 2.35. The van der Waals surface area contributed by atoms with E-state index in [9.17, 15) is 27.2 Å². The molecular formula is C22H14F4N2O2S. The molecule has 0 spiro atoms. The molecule has 9 heteroatoms. The summed E-state index contributed by atoms with van der Waals surface area (Å²) in [5, 5.41) is 4.44. The standard InChI is InChI=1S/C22H14F4N2O2S/c23-15-8-6-13(7-9-15)12-28-20(29)18(17-5-2-10-31-17)19(21(28)30)27-16-4-1-3-14(11-16)22(24,25)26/h1-11,27H,12H2. The predicted octanol–water partition coefficient (Wildman–Crippen LogP) is 5.30. The van der Waals surface area contributed by atoms with Gasteiger partial charge < -0.3 is 5.32 Å². The summed E-state index contributed by atoms with van der Waals surface area (Å²) in [6.45, 7) is -0.0966. The molecule has 31 heavy (non-hydrogen) atoms. The van der Waals surface area contributed by atoms with Gasteiger partial charge in [0, 0.05) is 10.6 Å². The third-order valence-corrected chi connectivity index (χ3v) is 5.54.